The molecule has 0 rings (SSSR count). The predicted octanol–water partition coefficient (Wildman–Crippen LogP) is -0.347. The van der Waals surface area contributed by atoms with Gasteiger partial charge < -0.3 is 10.8 Å². The molecule has 0 radical (unpaired) electrons. The average Bonchev–Trinajstić information content (AvgIpc) is 1.84. The highest BCUT2D eigenvalue weighted by Crippen LogP contribution is 2.00. The summed E-state index contributed by atoms with van der Waals surface area (Å²) in [7, 11) is 0. The molecule has 3 nitrogen and oxygen atoms in total. The molecule has 0 fully saturated rings. The van der Waals surface area contributed by atoms with Gasteiger partial charge in [0.15, 0.2) is 0 Å². The molecule has 0 aliphatic carbocycles. The quantitative estimate of drug-likeness (QED) is 0.458. The fourth-order valence-electron chi connectivity index (χ4n) is 0.466. The zero-order valence-corrected chi connectivity index (χ0v) is 6.15. The largest absolute Gasteiger partial charge is 0.376 e. The van der Waals surface area contributed by atoms with Crippen LogP contribution in [-0.2, 0) is 0 Å². The molecule has 0 aromatic heterocycles. The first kappa shape index (κ1) is 8.88. The SMILES string of the molecule is CCC(C)(O)NCCN. The molecule has 0 saturated carbocycles. The molecule has 0 amide bonds. The van der Waals surface area contributed by atoms with Gasteiger partial charge in [-0.1, -0.05) is 6.92 Å². The lowest BCUT2D eigenvalue weighted by molar-refractivity contribution is 0.0216. The summed E-state index contributed by atoms with van der Waals surface area (Å²) in [6.07, 6.45) is 0.701. The number of hydrogen-bond acceptors (Lipinski definition) is 3. The highest BCUT2D eigenvalue weighted by atomic mass is 16.3. The molecule has 0 aromatic rings. The van der Waals surface area contributed by atoms with Gasteiger partial charge in [-0.3, -0.25) is 5.32 Å². The molecule has 3 heteroatoms. The van der Waals surface area contributed by atoms with Crippen LogP contribution in [0.15, 0.2) is 0 Å². The molecule has 0 heterocycles. The molecule has 0 aromatic carbocycles. The van der Waals surface area contributed by atoms with Gasteiger partial charge in [-0.25, -0.2) is 0 Å². The Balaban J connectivity index is 3.33. The van der Waals surface area contributed by atoms with Crippen molar-refractivity contribution in [1.29, 1.82) is 0 Å². The molecule has 1 atom stereocenters. The van der Waals surface area contributed by atoms with E-state index in [2.05, 4.69) is 5.32 Å². The minimum Gasteiger partial charge on any atom is -0.376 e. The maximum absolute atomic E-state index is 9.29. The average molecular weight is 132 g/mol. The molecule has 1 unspecified atom stereocenters. The standard InChI is InChI=1S/C6H16N2O/c1-3-6(2,9)8-5-4-7/h8-9H,3-5,7H2,1-2H3. The van der Waals surface area contributed by atoms with E-state index in [1.165, 1.54) is 0 Å². The Labute approximate surface area is 56.2 Å². The molecule has 0 aliphatic rings. The van der Waals surface area contributed by atoms with Crippen molar-refractivity contribution in [2.75, 3.05) is 13.1 Å². The maximum Gasteiger partial charge on any atom is 0.112 e. The summed E-state index contributed by atoms with van der Waals surface area (Å²) in [6, 6.07) is 0. The van der Waals surface area contributed by atoms with Crippen molar-refractivity contribution in [3.05, 3.63) is 0 Å². The van der Waals surface area contributed by atoms with Crippen LogP contribution >= 0.6 is 0 Å². The van der Waals surface area contributed by atoms with Crippen molar-refractivity contribution in [2.45, 2.75) is 26.0 Å². The van der Waals surface area contributed by atoms with E-state index in [-0.39, 0.29) is 0 Å². The Morgan fingerprint density at radius 1 is 1.67 bits per heavy atom. The van der Waals surface area contributed by atoms with Gasteiger partial charge >= 0.3 is 0 Å². The van der Waals surface area contributed by atoms with Crippen LogP contribution in [0.1, 0.15) is 20.3 Å². The Bertz CT molecular complexity index is 73.5. The third-order valence-corrected chi connectivity index (χ3v) is 1.34. The first-order valence-corrected chi connectivity index (χ1v) is 3.30. The lowest BCUT2D eigenvalue weighted by Gasteiger charge is -2.22. The van der Waals surface area contributed by atoms with Crippen LogP contribution in [-0.4, -0.2) is 23.9 Å². The second-order valence-electron chi connectivity index (χ2n) is 2.34. The topological polar surface area (TPSA) is 58.3 Å². The van der Waals surface area contributed by atoms with Crippen molar-refractivity contribution in [3.63, 3.8) is 0 Å². The fourth-order valence-corrected chi connectivity index (χ4v) is 0.466. The lowest BCUT2D eigenvalue weighted by atomic mass is 10.2. The second-order valence-corrected chi connectivity index (χ2v) is 2.34. The number of nitrogens with one attached hydrogen (secondary N) is 1. The highest BCUT2D eigenvalue weighted by molar-refractivity contribution is 4.66. The van der Waals surface area contributed by atoms with Crippen LogP contribution in [0.25, 0.3) is 0 Å². The third kappa shape index (κ3) is 4.39. The van der Waals surface area contributed by atoms with Crippen molar-refractivity contribution < 1.29 is 5.11 Å². The molecule has 0 spiro atoms. The van der Waals surface area contributed by atoms with E-state index in [1.807, 2.05) is 6.92 Å². The van der Waals surface area contributed by atoms with Gasteiger partial charge in [0.2, 0.25) is 0 Å². The Hall–Kier alpha value is -0.120. The lowest BCUT2D eigenvalue weighted by Crippen LogP contribution is -2.43. The Morgan fingerprint density at radius 3 is 2.56 bits per heavy atom. The van der Waals surface area contributed by atoms with E-state index < -0.39 is 5.72 Å². The first-order valence-electron chi connectivity index (χ1n) is 3.30. The van der Waals surface area contributed by atoms with Gasteiger partial charge in [0, 0.05) is 13.1 Å². The van der Waals surface area contributed by atoms with Gasteiger partial charge in [0.25, 0.3) is 0 Å². The van der Waals surface area contributed by atoms with Gasteiger partial charge in [0.1, 0.15) is 5.72 Å². The molecule has 0 saturated heterocycles. The molecule has 9 heavy (non-hydrogen) atoms. The normalized spacial score (nSPS) is 17.3. The van der Waals surface area contributed by atoms with Crippen molar-refractivity contribution >= 4 is 0 Å². The smallest absolute Gasteiger partial charge is 0.112 e. The number of nitrogens with two attached hydrogens (primary N) is 1. The summed E-state index contributed by atoms with van der Waals surface area (Å²) >= 11 is 0. The van der Waals surface area contributed by atoms with Crippen LogP contribution in [0.5, 0.6) is 0 Å². The van der Waals surface area contributed by atoms with Crippen LogP contribution in [0.2, 0.25) is 0 Å². The van der Waals surface area contributed by atoms with Gasteiger partial charge in [-0.05, 0) is 13.3 Å². The number of rotatable bonds is 4. The van der Waals surface area contributed by atoms with Crippen molar-refractivity contribution in [3.8, 4) is 0 Å². The zero-order chi connectivity index (χ0) is 7.33. The van der Waals surface area contributed by atoms with Crippen molar-refractivity contribution in [2.24, 2.45) is 5.73 Å². The Kier molecular flexibility index (Phi) is 3.77. The second kappa shape index (κ2) is 3.82. The molecule has 0 aliphatic heterocycles. The van der Waals surface area contributed by atoms with Crippen LogP contribution in [0.3, 0.4) is 0 Å². The summed E-state index contributed by atoms with van der Waals surface area (Å²) in [5, 5.41) is 12.2. The highest BCUT2D eigenvalue weighted by Gasteiger charge is 2.14. The minimum absolute atomic E-state index is 0.566. The minimum atomic E-state index is -0.737. The van der Waals surface area contributed by atoms with Crippen LogP contribution in [0, 0.1) is 0 Å². The number of aliphatic hydroxyl groups is 1. The molecule has 4 N–H and O–H groups in total. The van der Waals surface area contributed by atoms with E-state index in [0.717, 1.165) is 0 Å². The number of hydrogen-bond donors (Lipinski definition) is 3. The van der Waals surface area contributed by atoms with E-state index in [9.17, 15) is 5.11 Å². The zero-order valence-electron chi connectivity index (χ0n) is 6.15. The van der Waals surface area contributed by atoms with Gasteiger partial charge in [0.05, 0.1) is 0 Å². The van der Waals surface area contributed by atoms with E-state index in [4.69, 9.17) is 5.73 Å². The van der Waals surface area contributed by atoms with Gasteiger partial charge in [-0.15, -0.1) is 0 Å². The maximum atomic E-state index is 9.29. The first-order chi connectivity index (χ1) is 4.12. The van der Waals surface area contributed by atoms with E-state index in [1.54, 1.807) is 6.92 Å². The van der Waals surface area contributed by atoms with Crippen LogP contribution < -0.4 is 11.1 Å². The summed E-state index contributed by atoms with van der Waals surface area (Å²) in [4.78, 5) is 0. The summed E-state index contributed by atoms with van der Waals surface area (Å²) < 4.78 is 0. The van der Waals surface area contributed by atoms with Crippen molar-refractivity contribution in [1.82, 2.24) is 5.32 Å². The van der Waals surface area contributed by atoms with E-state index >= 15 is 0 Å². The monoisotopic (exact) mass is 132 g/mol. The predicted molar refractivity (Wildman–Crippen MR) is 38.0 cm³/mol. The van der Waals surface area contributed by atoms with Crippen LogP contribution in [0.4, 0.5) is 0 Å². The fraction of sp³-hybridized carbons (Fsp3) is 1.00. The molecular formula is C6H16N2O. The molecule has 0 bridgehead atoms. The molecular weight excluding hydrogens is 116 g/mol. The summed E-state index contributed by atoms with van der Waals surface area (Å²) in [6.45, 7) is 4.89. The molecule has 56 valence electrons. The summed E-state index contributed by atoms with van der Waals surface area (Å²) in [5.74, 6) is 0. The third-order valence-electron chi connectivity index (χ3n) is 1.34. The Morgan fingerprint density at radius 2 is 2.22 bits per heavy atom. The van der Waals surface area contributed by atoms with E-state index in [0.29, 0.717) is 19.5 Å². The summed E-state index contributed by atoms with van der Waals surface area (Å²) in [5.41, 5.74) is 4.48. The van der Waals surface area contributed by atoms with Gasteiger partial charge in [-0.2, -0.15) is 0 Å².